The van der Waals surface area contributed by atoms with Gasteiger partial charge in [-0.25, -0.2) is 0 Å². The lowest BCUT2D eigenvalue weighted by molar-refractivity contribution is -0.150. The van der Waals surface area contributed by atoms with E-state index in [0.717, 1.165) is 25.8 Å². The van der Waals surface area contributed by atoms with Crippen molar-refractivity contribution >= 4 is 58.4 Å². The summed E-state index contributed by atoms with van der Waals surface area (Å²) in [6.45, 7) is 7.29. The Balaban J connectivity index is 1.50. The van der Waals surface area contributed by atoms with E-state index in [4.69, 9.17) is 39.5 Å². The lowest BCUT2D eigenvalue weighted by atomic mass is 9.65. The number of likely N-dealkylation sites (tertiary alicyclic amines) is 1. The molecule has 1 aromatic carbocycles. The number of hydrogen-bond acceptors (Lipinski definition) is 4. The molecule has 2 bridgehead atoms. The van der Waals surface area contributed by atoms with Gasteiger partial charge >= 0.3 is 5.97 Å². The maximum absolute atomic E-state index is 12.6. The predicted molar refractivity (Wildman–Crippen MR) is 114 cm³/mol. The fraction of sp³-hybridized carbons (Fsp3) is 0.600. The first kappa shape index (κ1) is 22.1. The van der Waals surface area contributed by atoms with Crippen LogP contribution < -0.4 is 0 Å². The van der Waals surface area contributed by atoms with E-state index in [1.54, 1.807) is 12.1 Å². The Labute approximate surface area is 185 Å². The third kappa shape index (κ3) is 4.92. The SMILES string of the molecule is CC1(C)CC2CC(C)(CN2C(=O)COC(=O)CSc2ccc(Cl)c(Cl)c2Cl)C1. The number of hydrogen-bond donors (Lipinski definition) is 0. The number of halogens is 3. The Kier molecular flexibility index (Phi) is 6.51. The molecule has 0 spiro atoms. The molecule has 4 nitrogen and oxygen atoms in total. The second-order valence-corrected chi connectivity index (χ2v) is 11.0. The van der Waals surface area contributed by atoms with Crippen LogP contribution in [0, 0.1) is 10.8 Å². The van der Waals surface area contributed by atoms with Crippen molar-refractivity contribution in [2.75, 3.05) is 18.9 Å². The second kappa shape index (κ2) is 8.25. The van der Waals surface area contributed by atoms with Crippen LogP contribution in [0.1, 0.15) is 40.0 Å². The predicted octanol–water partition coefficient (Wildman–Crippen LogP) is 5.71. The molecule has 1 saturated carbocycles. The Morgan fingerprint density at radius 2 is 1.89 bits per heavy atom. The van der Waals surface area contributed by atoms with Crippen LogP contribution in [-0.4, -0.2) is 41.7 Å². The minimum absolute atomic E-state index is 0.0408. The Hall–Kier alpha value is -0.620. The smallest absolute Gasteiger partial charge is 0.316 e. The van der Waals surface area contributed by atoms with Crippen molar-refractivity contribution < 1.29 is 14.3 Å². The quantitative estimate of drug-likeness (QED) is 0.318. The van der Waals surface area contributed by atoms with Gasteiger partial charge in [-0.3, -0.25) is 9.59 Å². The molecule has 1 amide bonds. The molecular weight excluding hydrogens is 441 g/mol. The van der Waals surface area contributed by atoms with Crippen LogP contribution in [0.3, 0.4) is 0 Å². The third-order valence-corrected chi connectivity index (χ3v) is 7.87. The average Bonchev–Trinajstić information content (AvgIpc) is 2.85. The zero-order chi connectivity index (χ0) is 20.7. The van der Waals surface area contributed by atoms with E-state index in [1.165, 1.54) is 11.8 Å². The maximum Gasteiger partial charge on any atom is 0.316 e. The summed E-state index contributed by atoms with van der Waals surface area (Å²) < 4.78 is 5.21. The number of ether oxygens (including phenoxy) is 1. The van der Waals surface area contributed by atoms with Crippen LogP contribution in [0.2, 0.25) is 15.1 Å². The van der Waals surface area contributed by atoms with E-state index in [9.17, 15) is 9.59 Å². The van der Waals surface area contributed by atoms with Gasteiger partial charge in [-0.05, 0) is 42.2 Å². The molecule has 2 fully saturated rings. The van der Waals surface area contributed by atoms with Gasteiger partial charge in [-0.15, -0.1) is 11.8 Å². The summed E-state index contributed by atoms with van der Waals surface area (Å²) in [5, 5.41) is 0.925. The summed E-state index contributed by atoms with van der Waals surface area (Å²) in [6, 6.07) is 3.57. The molecule has 1 aliphatic heterocycles. The van der Waals surface area contributed by atoms with Crippen LogP contribution in [-0.2, 0) is 14.3 Å². The molecule has 28 heavy (non-hydrogen) atoms. The van der Waals surface area contributed by atoms with E-state index in [1.807, 2.05) is 4.90 Å². The van der Waals surface area contributed by atoms with Gasteiger partial charge in [0.1, 0.15) is 0 Å². The molecule has 1 aromatic rings. The van der Waals surface area contributed by atoms with Gasteiger partial charge in [0, 0.05) is 17.5 Å². The Bertz CT molecular complexity index is 801. The minimum atomic E-state index is -0.464. The van der Waals surface area contributed by atoms with Crippen molar-refractivity contribution in [3.63, 3.8) is 0 Å². The molecule has 1 aliphatic carbocycles. The highest BCUT2D eigenvalue weighted by Gasteiger charge is 2.50. The van der Waals surface area contributed by atoms with Gasteiger partial charge < -0.3 is 9.64 Å². The van der Waals surface area contributed by atoms with Crippen molar-refractivity contribution in [2.24, 2.45) is 10.8 Å². The van der Waals surface area contributed by atoms with Gasteiger partial charge in [-0.1, -0.05) is 55.6 Å². The van der Waals surface area contributed by atoms with Gasteiger partial charge in [0.15, 0.2) is 6.61 Å². The maximum atomic E-state index is 12.6. The van der Waals surface area contributed by atoms with Gasteiger partial charge in [-0.2, -0.15) is 0 Å². The Morgan fingerprint density at radius 3 is 2.61 bits per heavy atom. The number of thioether (sulfide) groups is 1. The summed E-state index contributed by atoms with van der Waals surface area (Å²) in [6.07, 6.45) is 3.14. The third-order valence-electron chi connectivity index (χ3n) is 5.44. The van der Waals surface area contributed by atoms with Crippen LogP contribution in [0.5, 0.6) is 0 Å². The molecule has 2 aliphatic rings. The number of carbonyl (C=O) groups excluding carboxylic acids is 2. The number of fused-ring (bicyclic) bond motifs is 2. The molecule has 8 heteroatoms. The highest BCUT2D eigenvalue weighted by Crippen LogP contribution is 2.52. The van der Waals surface area contributed by atoms with Crippen LogP contribution in [0.4, 0.5) is 0 Å². The van der Waals surface area contributed by atoms with E-state index in [0.29, 0.717) is 14.9 Å². The highest BCUT2D eigenvalue weighted by molar-refractivity contribution is 8.00. The zero-order valence-electron chi connectivity index (χ0n) is 16.2. The van der Waals surface area contributed by atoms with Crippen molar-refractivity contribution in [1.29, 1.82) is 0 Å². The molecule has 154 valence electrons. The summed E-state index contributed by atoms with van der Waals surface area (Å²) >= 11 is 19.2. The minimum Gasteiger partial charge on any atom is -0.455 e. The average molecular weight is 465 g/mol. The van der Waals surface area contributed by atoms with Gasteiger partial charge in [0.2, 0.25) is 0 Å². The van der Waals surface area contributed by atoms with Gasteiger partial charge in [0.05, 0.1) is 20.8 Å². The molecular formula is C20H24Cl3NO3S. The molecule has 1 saturated heterocycles. The largest absolute Gasteiger partial charge is 0.455 e. The number of carbonyl (C=O) groups is 2. The van der Waals surface area contributed by atoms with Crippen LogP contribution >= 0.6 is 46.6 Å². The number of rotatable bonds is 5. The van der Waals surface area contributed by atoms with E-state index < -0.39 is 5.97 Å². The first-order valence-corrected chi connectivity index (χ1v) is 11.3. The summed E-state index contributed by atoms with van der Waals surface area (Å²) in [5.74, 6) is -0.536. The molecule has 1 heterocycles. The number of benzene rings is 1. The molecule has 0 N–H and O–H groups in total. The molecule has 3 rings (SSSR count). The first-order chi connectivity index (χ1) is 13.0. The topological polar surface area (TPSA) is 46.6 Å². The van der Waals surface area contributed by atoms with Crippen molar-refractivity contribution in [1.82, 2.24) is 4.90 Å². The monoisotopic (exact) mass is 463 g/mol. The summed E-state index contributed by atoms with van der Waals surface area (Å²) in [5.41, 5.74) is 0.395. The first-order valence-electron chi connectivity index (χ1n) is 9.21. The van der Waals surface area contributed by atoms with Crippen molar-refractivity contribution in [3.8, 4) is 0 Å². The second-order valence-electron chi connectivity index (χ2n) is 8.86. The van der Waals surface area contributed by atoms with E-state index in [2.05, 4.69) is 20.8 Å². The van der Waals surface area contributed by atoms with Crippen molar-refractivity contribution in [3.05, 3.63) is 27.2 Å². The molecule has 0 aromatic heterocycles. The standard InChI is InChI=1S/C20H24Cl3NO3S/c1-19(2)6-12-7-20(3,10-19)11-24(12)15(25)8-27-16(26)9-28-14-5-4-13(21)17(22)18(14)23/h4-5,12H,6-11H2,1-3H3. The molecule has 2 atom stereocenters. The number of amides is 1. The number of nitrogens with zero attached hydrogens (tertiary/aromatic N) is 1. The van der Waals surface area contributed by atoms with Crippen molar-refractivity contribution in [2.45, 2.75) is 51.0 Å². The lowest BCUT2D eigenvalue weighted by Gasteiger charge is -2.39. The van der Waals surface area contributed by atoms with Crippen LogP contribution in [0.15, 0.2) is 17.0 Å². The lowest BCUT2D eigenvalue weighted by Crippen LogP contribution is -2.40. The molecule has 2 unspecified atom stereocenters. The molecule has 0 radical (unpaired) electrons. The zero-order valence-corrected chi connectivity index (χ0v) is 19.3. The van der Waals surface area contributed by atoms with E-state index >= 15 is 0 Å². The van der Waals surface area contributed by atoms with E-state index in [-0.39, 0.29) is 40.2 Å². The Morgan fingerprint density at radius 1 is 1.18 bits per heavy atom. The fourth-order valence-electron chi connectivity index (χ4n) is 4.77. The fourth-order valence-corrected chi connectivity index (χ4v) is 6.28. The normalized spacial score (nSPS) is 25.6. The summed E-state index contributed by atoms with van der Waals surface area (Å²) in [7, 11) is 0. The van der Waals surface area contributed by atoms with Gasteiger partial charge in [0.25, 0.3) is 5.91 Å². The summed E-state index contributed by atoms with van der Waals surface area (Å²) in [4.78, 5) is 27.3. The highest BCUT2D eigenvalue weighted by atomic mass is 35.5. The number of esters is 1. The van der Waals surface area contributed by atoms with Crippen LogP contribution in [0.25, 0.3) is 0 Å².